The lowest BCUT2D eigenvalue weighted by atomic mass is 10.2. The lowest BCUT2D eigenvalue weighted by Gasteiger charge is -2.20. The van der Waals surface area contributed by atoms with Crippen molar-refractivity contribution in [2.24, 2.45) is 0 Å². The molecule has 0 spiro atoms. The summed E-state index contributed by atoms with van der Waals surface area (Å²) in [5.41, 5.74) is 0.944. The lowest BCUT2D eigenvalue weighted by Crippen LogP contribution is -2.51. The van der Waals surface area contributed by atoms with Gasteiger partial charge in [-0.05, 0) is 23.7 Å². The van der Waals surface area contributed by atoms with Gasteiger partial charge >= 0.3 is 0 Å². The van der Waals surface area contributed by atoms with Gasteiger partial charge in [-0.1, -0.05) is 30.3 Å². The topological polar surface area (TPSA) is 81.3 Å². The Morgan fingerprint density at radius 2 is 1.95 bits per heavy atom. The number of hydrogen-bond donors (Lipinski definition) is 2. The van der Waals surface area contributed by atoms with Crippen molar-refractivity contribution in [2.45, 2.75) is 25.8 Å². The maximum Gasteiger partial charge on any atom is 0.295 e. The first-order chi connectivity index (χ1) is 9.04. The van der Waals surface area contributed by atoms with Crippen molar-refractivity contribution in [1.29, 1.82) is 0 Å². The second-order valence-electron chi connectivity index (χ2n) is 3.95. The minimum Gasteiger partial charge on any atom is -0.614 e. The van der Waals surface area contributed by atoms with Crippen LogP contribution >= 0.6 is 0 Å². The van der Waals surface area contributed by atoms with Crippen LogP contribution in [0.25, 0.3) is 0 Å². The molecule has 1 rings (SSSR count). The summed E-state index contributed by atoms with van der Waals surface area (Å²) in [5.74, 6) is -0.495. The van der Waals surface area contributed by atoms with Crippen molar-refractivity contribution in [1.82, 2.24) is 10.6 Å². The molecule has 0 radical (unpaired) electrons. The Balaban J connectivity index is 2.59. The molecule has 0 aliphatic heterocycles. The molecule has 1 unspecified atom stereocenters. The zero-order valence-corrected chi connectivity index (χ0v) is 11.8. The third kappa shape index (κ3) is 5.32. The molecule has 0 aliphatic rings. The van der Waals surface area contributed by atoms with Gasteiger partial charge in [-0.2, -0.15) is 0 Å². The maximum atomic E-state index is 11.9. The summed E-state index contributed by atoms with van der Waals surface area (Å²) >= 11 is -1.42. The molecule has 2 N–H and O–H groups in total. The van der Waals surface area contributed by atoms with Gasteiger partial charge in [0.05, 0.1) is 0 Å². The first-order valence-electron chi connectivity index (χ1n) is 6.00. The summed E-state index contributed by atoms with van der Waals surface area (Å²) in [6, 6.07) is 9.39. The lowest BCUT2D eigenvalue weighted by molar-refractivity contribution is -0.126. The second-order valence-corrected chi connectivity index (χ2v) is 5.76. The van der Waals surface area contributed by atoms with Crippen LogP contribution in [-0.2, 0) is 27.3 Å². The van der Waals surface area contributed by atoms with E-state index in [0.29, 0.717) is 12.3 Å². The normalized spacial score (nSPS) is 13.4. The quantitative estimate of drug-likeness (QED) is 0.747. The number of amides is 2. The molecule has 0 aliphatic carbocycles. The molecule has 0 saturated carbocycles. The van der Waals surface area contributed by atoms with E-state index < -0.39 is 22.5 Å². The van der Waals surface area contributed by atoms with Crippen LogP contribution in [0, 0.1) is 0 Å². The summed E-state index contributed by atoms with van der Waals surface area (Å²) in [7, 11) is 0. The van der Waals surface area contributed by atoms with Crippen molar-refractivity contribution in [3.63, 3.8) is 0 Å². The first-order valence-corrected chi connectivity index (χ1v) is 7.38. The van der Waals surface area contributed by atoms with Crippen molar-refractivity contribution in [3.05, 3.63) is 35.9 Å². The Hall–Kier alpha value is -1.53. The first kappa shape index (κ1) is 15.5. The number of carbonyl (C=O) groups is 2. The molecule has 0 bridgehead atoms. The van der Waals surface area contributed by atoms with Gasteiger partial charge < -0.3 is 15.2 Å². The van der Waals surface area contributed by atoms with E-state index in [1.807, 2.05) is 30.3 Å². The molecular formula is C13H18N2O3S. The van der Waals surface area contributed by atoms with Gasteiger partial charge in [0.1, 0.15) is 5.75 Å². The van der Waals surface area contributed by atoms with Gasteiger partial charge in [0, 0.05) is 13.5 Å². The fourth-order valence-electron chi connectivity index (χ4n) is 1.48. The molecule has 1 aromatic carbocycles. The van der Waals surface area contributed by atoms with E-state index in [1.54, 1.807) is 6.92 Å². The molecule has 104 valence electrons. The van der Waals surface area contributed by atoms with E-state index in [9.17, 15) is 14.1 Å². The van der Waals surface area contributed by atoms with E-state index in [0.717, 1.165) is 5.56 Å². The Morgan fingerprint density at radius 3 is 2.47 bits per heavy atom. The molecule has 19 heavy (non-hydrogen) atoms. The second kappa shape index (κ2) is 7.81. The Morgan fingerprint density at radius 1 is 1.32 bits per heavy atom. The zero-order chi connectivity index (χ0) is 14.3. The van der Waals surface area contributed by atoms with Crippen LogP contribution in [0.15, 0.2) is 30.3 Å². The smallest absolute Gasteiger partial charge is 0.295 e. The highest BCUT2D eigenvalue weighted by Gasteiger charge is 2.29. The average Bonchev–Trinajstić information content (AvgIpc) is 2.42. The van der Waals surface area contributed by atoms with E-state index in [4.69, 9.17) is 0 Å². The SMILES string of the molecule is CC[S+]([O-])[C@H](NC(C)=O)C(=O)NCc1ccccc1. The molecule has 0 aromatic heterocycles. The van der Waals surface area contributed by atoms with Gasteiger partial charge in [-0.3, -0.25) is 9.59 Å². The van der Waals surface area contributed by atoms with Crippen LogP contribution in [0.2, 0.25) is 0 Å². The van der Waals surface area contributed by atoms with Gasteiger partial charge in [-0.25, -0.2) is 0 Å². The molecule has 5 nitrogen and oxygen atoms in total. The number of hydrogen-bond acceptors (Lipinski definition) is 3. The molecular weight excluding hydrogens is 264 g/mol. The highest BCUT2D eigenvalue weighted by Crippen LogP contribution is 2.02. The molecule has 0 fully saturated rings. The van der Waals surface area contributed by atoms with E-state index in [2.05, 4.69) is 10.6 Å². The predicted molar refractivity (Wildman–Crippen MR) is 74.6 cm³/mol. The standard InChI is InChI=1S/C13H18N2O3S/c1-3-19(18)13(15-10(2)16)12(17)14-9-11-7-5-4-6-8-11/h4-8,13H,3,9H2,1-2H3,(H,14,17)(H,15,16)/t13-,19?/m0/s1. The highest BCUT2D eigenvalue weighted by atomic mass is 32.2. The summed E-state index contributed by atoms with van der Waals surface area (Å²) in [6.07, 6.45) is 0. The van der Waals surface area contributed by atoms with Crippen molar-refractivity contribution >= 4 is 23.0 Å². The number of rotatable bonds is 6. The monoisotopic (exact) mass is 282 g/mol. The molecule has 0 heterocycles. The molecule has 6 heteroatoms. The van der Waals surface area contributed by atoms with Crippen molar-refractivity contribution in [2.75, 3.05) is 5.75 Å². The van der Waals surface area contributed by atoms with Crippen LogP contribution in [0.3, 0.4) is 0 Å². The third-order valence-electron chi connectivity index (χ3n) is 2.43. The van der Waals surface area contributed by atoms with Gasteiger partial charge in [0.15, 0.2) is 0 Å². The number of benzene rings is 1. The molecule has 0 saturated heterocycles. The highest BCUT2D eigenvalue weighted by molar-refractivity contribution is 7.92. The largest absolute Gasteiger partial charge is 0.614 e. The number of carbonyl (C=O) groups excluding carboxylic acids is 2. The Labute approximate surface area is 116 Å². The number of nitrogens with one attached hydrogen (secondary N) is 2. The van der Waals surface area contributed by atoms with E-state index in [1.165, 1.54) is 6.92 Å². The summed E-state index contributed by atoms with van der Waals surface area (Å²) in [4.78, 5) is 23.0. The zero-order valence-electron chi connectivity index (χ0n) is 11.0. The molecule has 2 atom stereocenters. The predicted octanol–water partition coefficient (Wildman–Crippen LogP) is 0.534. The van der Waals surface area contributed by atoms with Crippen molar-refractivity contribution < 1.29 is 14.1 Å². The maximum absolute atomic E-state index is 11.9. The summed E-state index contributed by atoms with van der Waals surface area (Å²) < 4.78 is 11.7. The van der Waals surface area contributed by atoms with Gasteiger partial charge in [-0.15, -0.1) is 0 Å². The minimum atomic E-state index is -1.42. The summed E-state index contributed by atoms with van der Waals surface area (Å²) in [6.45, 7) is 3.34. The fraction of sp³-hybridized carbons (Fsp3) is 0.385. The third-order valence-corrected chi connectivity index (χ3v) is 3.86. The van der Waals surface area contributed by atoms with Crippen LogP contribution < -0.4 is 10.6 Å². The van der Waals surface area contributed by atoms with Crippen LogP contribution in [0.4, 0.5) is 0 Å². The average molecular weight is 282 g/mol. The fourth-order valence-corrected chi connectivity index (χ4v) is 2.43. The minimum absolute atomic E-state index is 0.309. The van der Waals surface area contributed by atoms with Crippen molar-refractivity contribution in [3.8, 4) is 0 Å². The molecule has 1 aromatic rings. The Kier molecular flexibility index (Phi) is 6.38. The van der Waals surface area contributed by atoms with E-state index in [-0.39, 0.29) is 5.91 Å². The van der Waals surface area contributed by atoms with Gasteiger partial charge in [0.25, 0.3) is 11.3 Å². The molecule has 2 amide bonds. The van der Waals surface area contributed by atoms with Gasteiger partial charge in [0.2, 0.25) is 5.91 Å². The van der Waals surface area contributed by atoms with Crippen LogP contribution in [-0.4, -0.2) is 27.5 Å². The summed E-state index contributed by atoms with van der Waals surface area (Å²) in [5, 5.41) is 4.09. The van der Waals surface area contributed by atoms with Crippen LogP contribution in [0.1, 0.15) is 19.4 Å². The van der Waals surface area contributed by atoms with E-state index >= 15 is 0 Å². The van der Waals surface area contributed by atoms with Crippen LogP contribution in [0.5, 0.6) is 0 Å². The Bertz CT molecular complexity index is 425.